The first-order valence-corrected chi connectivity index (χ1v) is 7.23. The Morgan fingerprint density at radius 2 is 1.85 bits per heavy atom. The van der Waals surface area contributed by atoms with E-state index in [1.54, 1.807) is 6.92 Å². The number of carbonyl (C=O) groups is 1. The predicted molar refractivity (Wildman–Crippen MR) is 74.1 cm³/mol. The Labute approximate surface area is 118 Å². The van der Waals surface area contributed by atoms with E-state index >= 15 is 0 Å². The highest BCUT2D eigenvalue weighted by molar-refractivity contribution is 7.89. The van der Waals surface area contributed by atoms with E-state index in [4.69, 9.17) is 5.73 Å². The van der Waals surface area contributed by atoms with Gasteiger partial charge < -0.3 is 10.6 Å². The number of rotatable bonds is 4. The lowest BCUT2D eigenvalue weighted by Gasteiger charge is -2.19. The zero-order chi connectivity index (χ0) is 15.7. The Hall–Kier alpha value is -1.67. The van der Waals surface area contributed by atoms with Gasteiger partial charge in [0.1, 0.15) is 10.7 Å². The number of nitrogen functional groups attached to an aromatic ring is 1. The standard InChI is InChI=1S/C12H18FN3O3S/c1-8-5-9(13)11(6-10(8)14)20(18,19)16(4)7-12(17)15(2)3/h5-6H,7,14H2,1-4H3. The summed E-state index contributed by atoms with van der Waals surface area (Å²) in [6.07, 6.45) is 0. The number of nitrogens with two attached hydrogens (primary N) is 1. The molecule has 0 heterocycles. The zero-order valence-electron chi connectivity index (χ0n) is 11.8. The Bertz CT molecular complexity index is 629. The quantitative estimate of drug-likeness (QED) is 0.817. The summed E-state index contributed by atoms with van der Waals surface area (Å²) in [7, 11) is 0.122. The summed E-state index contributed by atoms with van der Waals surface area (Å²) < 4.78 is 39.1. The van der Waals surface area contributed by atoms with Crippen molar-refractivity contribution in [3.8, 4) is 0 Å². The number of sulfonamides is 1. The van der Waals surface area contributed by atoms with Crippen LogP contribution in [-0.4, -0.2) is 51.2 Å². The van der Waals surface area contributed by atoms with Gasteiger partial charge in [0.05, 0.1) is 6.54 Å². The molecule has 1 rings (SSSR count). The van der Waals surface area contributed by atoms with Crippen molar-refractivity contribution >= 4 is 21.6 Å². The summed E-state index contributed by atoms with van der Waals surface area (Å²) in [4.78, 5) is 12.3. The van der Waals surface area contributed by atoms with Crippen LogP contribution in [0.5, 0.6) is 0 Å². The van der Waals surface area contributed by atoms with Gasteiger partial charge >= 0.3 is 0 Å². The molecule has 6 nitrogen and oxygen atoms in total. The van der Waals surface area contributed by atoms with Crippen molar-refractivity contribution in [2.75, 3.05) is 33.4 Å². The molecule has 1 aromatic carbocycles. The molecule has 1 amide bonds. The van der Waals surface area contributed by atoms with E-state index < -0.39 is 26.6 Å². The van der Waals surface area contributed by atoms with Gasteiger partial charge in [0.2, 0.25) is 15.9 Å². The van der Waals surface area contributed by atoms with Crippen LogP contribution in [0.25, 0.3) is 0 Å². The molecular formula is C12H18FN3O3S. The summed E-state index contributed by atoms with van der Waals surface area (Å²) >= 11 is 0. The Balaban J connectivity index is 3.17. The third-order valence-corrected chi connectivity index (χ3v) is 4.68. The van der Waals surface area contributed by atoms with Gasteiger partial charge in [0.15, 0.2) is 0 Å². The predicted octanol–water partition coefficient (Wildman–Crippen LogP) is 0.425. The van der Waals surface area contributed by atoms with Crippen molar-refractivity contribution in [2.24, 2.45) is 0 Å². The minimum Gasteiger partial charge on any atom is -0.398 e. The Kier molecular flexibility index (Phi) is 4.72. The number of likely N-dealkylation sites (N-methyl/N-ethyl adjacent to an activating group) is 2. The largest absolute Gasteiger partial charge is 0.398 e. The van der Waals surface area contributed by atoms with Crippen molar-refractivity contribution in [3.63, 3.8) is 0 Å². The van der Waals surface area contributed by atoms with Crippen LogP contribution in [0, 0.1) is 12.7 Å². The molecule has 0 aliphatic rings. The first-order chi connectivity index (χ1) is 9.07. The molecule has 8 heteroatoms. The van der Waals surface area contributed by atoms with Gasteiger partial charge in [-0.25, -0.2) is 12.8 Å². The molecule has 0 aliphatic carbocycles. The van der Waals surface area contributed by atoms with Crippen molar-refractivity contribution in [2.45, 2.75) is 11.8 Å². The minimum atomic E-state index is -4.11. The van der Waals surface area contributed by atoms with Crippen molar-refractivity contribution in [1.29, 1.82) is 0 Å². The van der Waals surface area contributed by atoms with Gasteiger partial charge in [-0.2, -0.15) is 4.31 Å². The first kappa shape index (κ1) is 16.4. The number of carbonyl (C=O) groups excluding carboxylic acids is 1. The Morgan fingerprint density at radius 1 is 1.30 bits per heavy atom. The van der Waals surface area contributed by atoms with Crippen LogP contribution < -0.4 is 5.73 Å². The number of anilines is 1. The lowest BCUT2D eigenvalue weighted by molar-refractivity contribution is -0.128. The highest BCUT2D eigenvalue weighted by atomic mass is 32.2. The molecule has 0 aromatic heterocycles. The molecule has 20 heavy (non-hydrogen) atoms. The maximum absolute atomic E-state index is 13.8. The van der Waals surface area contributed by atoms with E-state index in [2.05, 4.69) is 0 Å². The maximum Gasteiger partial charge on any atom is 0.246 e. The number of hydrogen-bond donors (Lipinski definition) is 1. The molecule has 1 aromatic rings. The van der Waals surface area contributed by atoms with Gasteiger partial charge in [-0.05, 0) is 24.6 Å². The van der Waals surface area contributed by atoms with E-state index in [9.17, 15) is 17.6 Å². The number of nitrogens with zero attached hydrogens (tertiary/aromatic N) is 2. The maximum atomic E-state index is 13.8. The van der Waals surface area contributed by atoms with Gasteiger partial charge in [-0.3, -0.25) is 4.79 Å². The number of benzene rings is 1. The van der Waals surface area contributed by atoms with Crippen LogP contribution in [0.15, 0.2) is 17.0 Å². The van der Waals surface area contributed by atoms with Gasteiger partial charge in [0, 0.05) is 26.8 Å². The summed E-state index contributed by atoms with van der Waals surface area (Å²) in [5.41, 5.74) is 6.24. The average molecular weight is 303 g/mol. The van der Waals surface area contributed by atoms with E-state index in [0.29, 0.717) is 5.56 Å². The third kappa shape index (κ3) is 3.26. The number of hydrogen-bond acceptors (Lipinski definition) is 4. The smallest absolute Gasteiger partial charge is 0.246 e. The van der Waals surface area contributed by atoms with Crippen molar-refractivity contribution in [1.82, 2.24) is 9.21 Å². The van der Waals surface area contributed by atoms with E-state index in [-0.39, 0.29) is 12.2 Å². The van der Waals surface area contributed by atoms with Crippen molar-refractivity contribution < 1.29 is 17.6 Å². The van der Waals surface area contributed by atoms with Crippen LogP contribution in [0.1, 0.15) is 5.56 Å². The molecule has 0 fully saturated rings. The van der Waals surface area contributed by atoms with Crippen LogP contribution in [-0.2, 0) is 14.8 Å². The van der Waals surface area contributed by atoms with Gasteiger partial charge in [-0.15, -0.1) is 0 Å². The van der Waals surface area contributed by atoms with E-state index in [1.807, 2.05) is 0 Å². The van der Waals surface area contributed by atoms with E-state index in [0.717, 1.165) is 16.4 Å². The fourth-order valence-electron chi connectivity index (χ4n) is 1.45. The zero-order valence-corrected chi connectivity index (χ0v) is 12.7. The fraction of sp³-hybridized carbons (Fsp3) is 0.417. The summed E-state index contributed by atoms with van der Waals surface area (Å²) in [5.74, 6) is -1.29. The highest BCUT2D eigenvalue weighted by Gasteiger charge is 2.27. The molecule has 112 valence electrons. The molecule has 0 spiro atoms. The van der Waals surface area contributed by atoms with Gasteiger partial charge in [-0.1, -0.05) is 0 Å². The van der Waals surface area contributed by atoms with Crippen molar-refractivity contribution in [3.05, 3.63) is 23.5 Å². The second-order valence-corrected chi connectivity index (χ2v) is 6.70. The SMILES string of the molecule is Cc1cc(F)c(S(=O)(=O)N(C)CC(=O)N(C)C)cc1N. The summed E-state index contributed by atoms with van der Waals surface area (Å²) in [6, 6.07) is 2.13. The minimum absolute atomic E-state index is 0.178. The molecule has 0 aliphatic heterocycles. The van der Waals surface area contributed by atoms with Crippen LogP contribution >= 0.6 is 0 Å². The lowest BCUT2D eigenvalue weighted by atomic mass is 10.2. The molecule has 0 saturated heterocycles. The first-order valence-electron chi connectivity index (χ1n) is 5.79. The number of halogens is 1. The van der Waals surface area contributed by atoms with Crippen LogP contribution in [0.2, 0.25) is 0 Å². The second kappa shape index (κ2) is 5.76. The highest BCUT2D eigenvalue weighted by Crippen LogP contribution is 2.23. The molecule has 0 atom stereocenters. The average Bonchev–Trinajstić information content (AvgIpc) is 2.33. The normalized spacial score (nSPS) is 11.7. The Morgan fingerprint density at radius 3 is 2.35 bits per heavy atom. The molecule has 0 bridgehead atoms. The third-order valence-electron chi connectivity index (χ3n) is 2.87. The fourth-order valence-corrected chi connectivity index (χ4v) is 2.65. The molecular weight excluding hydrogens is 285 g/mol. The van der Waals surface area contributed by atoms with E-state index in [1.165, 1.54) is 26.0 Å². The van der Waals surface area contributed by atoms with Crippen LogP contribution in [0.3, 0.4) is 0 Å². The van der Waals surface area contributed by atoms with Gasteiger partial charge in [0.25, 0.3) is 0 Å². The summed E-state index contributed by atoms with van der Waals surface area (Å²) in [6.45, 7) is 1.21. The topological polar surface area (TPSA) is 83.7 Å². The lowest BCUT2D eigenvalue weighted by Crippen LogP contribution is -2.38. The molecule has 0 unspecified atom stereocenters. The molecule has 0 radical (unpaired) electrons. The molecule has 0 saturated carbocycles. The van der Waals surface area contributed by atoms with Crippen LogP contribution in [0.4, 0.5) is 10.1 Å². The summed E-state index contributed by atoms with van der Waals surface area (Å²) in [5, 5.41) is 0. The number of aryl methyl sites for hydroxylation is 1. The number of amides is 1. The molecule has 2 N–H and O–H groups in total. The second-order valence-electron chi connectivity index (χ2n) is 4.69. The monoisotopic (exact) mass is 303 g/mol.